The Morgan fingerprint density at radius 3 is 2.56 bits per heavy atom. The largest absolute Gasteiger partial charge is 0.371 e. The van der Waals surface area contributed by atoms with Crippen LogP contribution < -0.4 is 0 Å². The summed E-state index contributed by atoms with van der Waals surface area (Å²) in [7, 11) is 0. The minimum atomic E-state index is 0.00676. The maximum absolute atomic E-state index is 5.74. The van der Waals surface area contributed by atoms with Gasteiger partial charge in [0.05, 0.1) is 4.47 Å². The summed E-state index contributed by atoms with van der Waals surface area (Å²) in [4.78, 5) is 7.81. The van der Waals surface area contributed by atoms with E-state index in [1.165, 1.54) is 0 Å². The van der Waals surface area contributed by atoms with Crippen molar-refractivity contribution in [3.8, 4) is 0 Å². The molecule has 1 atom stereocenters. The van der Waals surface area contributed by atoms with E-state index >= 15 is 0 Å². The Morgan fingerprint density at radius 2 is 2.06 bits per heavy atom. The van der Waals surface area contributed by atoms with Crippen LogP contribution in [0.5, 0.6) is 0 Å². The van der Waals surface area contributed by atoms with Crippen molar-refractivity contribution in [1.82, 2.24) is 9.97 Å². The second kappa shape index (κ2) is 7.36. The number of rotatable bonds is 6. The van der Waals surface area contributed by atoms with Crippen molar-refractivity contribution >= 4 is 28.1 Å². The van der Waals surface area contributed by atoms with Gasteiger partial charge in [-0.05, 0) is 35.2 Å². The highest BCUT2D eigenvalue weighted by Crippen LogP contribution is 2.27. The van der Waals surface area contributed by atoms with Crippen LogP contribution in [0, 0.1) is 4.64 Å². The highest BCUT2D eigenvalue weighted by Gasteiger charge is 2.17. The van der Waals surface area contributed by atoms with Crippen molar-refractivity contribution in [2.24, 2.45) is 0 Å². The van der Waals surface area contributed by atoms with Crippen molar-refractivity contribution in [2.75, 3.05) is 6.61 Å². The molecule has 3 nitrogen and oxygen atoms in total. The number of ether oxygens (including phenoxy) is 1. The summed E-state index contributed by atoms with van der Waals surface area (Å²) in [5, 5.41) is 0. The molecule has 1 aromatic heterocycles. The van der Waals surface area contributed by atoms with Crippen LogP contribution in [0.25, 0.3) is 0 Å². The average Bonchev–Trinajstić information content (AvgIpc) is 2.32. The predicted octanol–water partition coefficient (Wildman–Crippen LogP) is 4.90. The van der Waals surface area contributed by atoms with Gasteiger partial charge >= 0.3 is 0 Å². The van der Waals surface area contributed by atoms with E-state index in [2.05, 4.69) is 46.7 Å². The lowest BCUT2D eigenvalue weighted by molar-refractivity contribution is 0.0490. The minimum Gasteiger partial charge on any atom is -0.371 e. The lowest BCUT2D eigenvalue weighted by atomic mass is 10.1. The molecule has 1 rings (SSSR count). The molecule has 0 aliphatic heterocycles. The Balaban J connectivity index is 3.19. The zero-order valence-electron chi connectivity index (χ0n) is 11.4. The number of H-pyrrole nitrogens is 1. The molecular weight excluding hydrogens is 312 g/mol. The molecule has 0 amide bonds. The Morgan fingerprint density at radius 1 is 1.39 bits per heavy atom. The molecule has 1 heterocycles. The molecule has 0 bridgehead atoms. The van der Waals surface area contributed by atoms with Gasteiger partial charge in [0.1, 0.15) is 16.6 Å². The van der Waals surface area contributed by atoms with E-state index in [1.54, 1.807) is 0 Å². The lowest BCUT2D eigenvalue weighted by Gasteiger charge is -2.18. The topological polar surface area (TPSA) is 37.9 Å². The maximum atomic E-state index is 5.74. The number of nitrogens with one attached hydrogen (secondary N) is 1. The van der Waals surface area contributed by atoms with Crippen LogP contribution in [-0.2, 0) is 4.74 Å². The SMILES string of the molecule is CCCC(OCC)c1nc(=S)c(Br)c(C(C)C)[nH]1. The molecule has 1 N–H and O–H groups in total. The first-order chi connectivity index (χ1) is 8.51. The molecule has 0 aromatic carbocycles. The van der Waals surface area contributed by atoms with Crippen LogP contribution in [0.3, 0.4) is 0 Å². The van der Waals surface area contributed by atoms with Crippen LogP contribution in [0.15, 0.2) is 4.47 Å². The maximum Gasteiger partial charge on any atom is 0.144 e. The Hall–Kier alpha value is -0.260. The fourth-order valence-corrected chi connectivity index (χ4v) is 2.66. The Bertz CT molecular complexity index is 439. The van der Waals surface area contributed by atoms with Crippen molar-refractivity contribution in [1.29, 1.82) is 0 Å². The van der Waals surface area contributed by atoms with Crippen molar-refractivity contribution in [3.63, 3.8) is 0 Å². The van der Waals surface area contributed by atoms with Gasteiger partial charge in [0, 0.05) is 12.3 Å². The molecule has 5 heteroatoms. The summed E-state index contributed by atoms with van der Waals surface area (Å²) in [6.45, 7) is 9.08. The molecule has 0 aliphatic carbocycles. The minimum absolute atomic E-state index is 0.00676. The van der Waals surface area contributed by atoms with Crippen molar-refractivity contribution < 1.29 is 4.74 Å². The molecule has 102 valence electrons. The molecule has 1 unspecified atom stereocenters. The fraction of sp³-hybridized carbons (Fsp3) is 0.692. The summed E-state index contributed by atoms with van der Waals surface area (Å²) in [6.07, 6.45) is 2.01. The van der Waals surface area contributed by atoms with Crippen molar-refractivity contribution in [3.05, 3.63) is 20.6 Å². The van der Waals surface area contributed by atoms with Gasteiger partial charge in [-0.2, -0.15) is 0 Å². The highest BCUT2D eigenvalue weighted by atomic mass is 79.9. The van der Waals surface area contributed by atoms with Gasteiger partial charge in [0.2, 0.25) is 0 Å². The molecule has 0 saturated heterocycles. The average molecular weight is 333 g/mol. The van der Waals surface area contributed by atoms with E-state index in [9.17, 15) is 0 Å². The Kier molecular flexibility index (Phi) is 6.46. The predicted molar refractivity (Wildman–Crippen MR) is 80.5 cm³/mol. The van der Waals surface area contributed by atoms with Crippen molar-refractivity contribution in [2.45, 2.75) is 52.6 Å². The first kappa shape index (κ1) is 15.8. The number of hydrogen-bond donors (Lipinski definition) is 1. The first-order valence-electron chi connectivity index (χ1n) is 6.42. The van der Waals surface area contributed by atoms with Crippen LogP contribution in [-0.4, -0.2) is 16.6 Å². The van der Waals surface area contributed by atoms with Crippen LogP contribution in [0.1, 0.15) is 64.1 Å². The van der Waals surface area contributed by atoms with E-state index < -0.39 is 0 Å². The van der Waals surface area contributed by atoms with Crippen LogP contribution >= 0.6 is 28.1 Å². The number of aromatic amines is 1. The third kappa shape index (κ3) is 3.87. The molecule has 0 spiro atoms. The zero-order valence-corrected chi connectivity index (χ0v) is 13.8. The molecular formula is C13H21BrN2OS. The first-order valence-corrected chi connectivity index (χ1v) is 7.62. The summed E-state index contributed by atoms with van der Waals surface area (Å²) in [5.74, 6) is 1.21. The number of hydrogen-bond acceptors (Lipinski definition) is 3. The molecule has 0 fully saturated rings. The smallest absolute Gasteiger partial charge is 0.144 e. The van der Waals surface area contributed by atoms with Gasteiger partial charge in [0.25, 0.3) is 0 Å². The second-order valence-electron chi connectivity index (χ2n) is 4.54. The van der Waals surface area contributed by atoms with E-state index in [1.807, 2.05) is 6.92 Å². The van der Waals surface area contributed by atoms with Gasteiger partial charge < -0.3 is 9.72 Å². The van der Waals surface area contributed by atoms with Crippen LogP contribution in [0.2, 0.25) is 0 Å². The molecule has 0 saturated carbocycles. The van der Waals surface area contributed by atoms with Gasteiger partial charge in [-0.3, -0.25) is 0 Å². The van der Waals surface area contributed by atoms with E-state index in [0.29, 0.717) is 17.2 Å². The Labute approximate surface area is 122 Å². The van der Waals surface area contributed by atoms with E-state index in [-0.39, 0.29) is 6.10 Å². The number of aromatic nitrogens is 2. The van der Waals surface area contributed by atoms with Crippen LogP contribution in [0.4, 0.5) is 0 Å². The molecule has 0 aliphatic rings. The highest BCUT2D eigenvalue weighted by molar-refractivity contribution is 9.10. The fourth-order valence-electron chi connectivity index (χ4n) is 1.81. The van der Waals surface area contributed by atoms with E-state index in [0.717, 1.165) is 28.8 Å². The quantitative estimate of drug-likeness (QED) is 0.752. The van der Waals surface area contributed by atoms with Gasteiger partial charge in [-0.25, -0.2) is 4.98 Å². The molecule has 1 aromatic rings. The third-order valence-electron chi connectivity index (χ3n) is 2.71. The standard InChI is InChI=1S/C13H21BrN2OS/c1-5-7-9(17-6-2)12-15-11(8(3)4)10(14)13(18)16-12/h8-9H,5-7H2,1-4H3,(H,15,16,18). The number of halogens is 1. The summed E-state index contributed by atoms with van der Waals surface area (Å²) in [6, 6.07) is 0. The third-order valence-corrected chi connectivity index (χ3v) is 4.07. The zero-order chi connectivity index (χ0) is 13.7. The normalized spacial score (nSPS) is 13.0. The monoisotopic (exact) mass is 332 g/mol. The van der Waals surface area contributed by atoms with Gasteiger partial charge in [-0.1, -0.05) is 39.4 Å². The lowest BCUT2D eigenvalue weighted by Crippen LogP contribution is -2.11. The number of nitrogens with zero attached hydrogens (tertiary/aromatic N) is 1. The van der Waals surface area contributed by atoms with Gasteiger partial charge in [-0.15, -0.1) is 0 Å². The molecule has 0 radical (unpaired) electrons. The van der Waals surface area contributed by atoms with Gasteiger partial charge in [0.15, 0.2) is 0 Å². The summed E-state index contributed by atoms with van der Waals surface area (Å²) in [5.41, 5.74) is 1.09. The summed E-state index contributed by atoms with van der Waals surface area (Å²) < 4.78 is 7.24. The second-order valence-corrected chi connectivity index (χ2v) is 5.72. The summed E-state index contributed by atoms with van der Waals surface area (Å²) >= 11 is 8.80. The molecule has 18 heavy (non-hydrogen) atoms. The van der Waals surface area contributed by atoms with E-state index in [4.69, 9.17) is 17.0 Å².